The van der Waals surface area contributed by atoms with Gasteiger partial charge in [-0.15, -0.1) is 0 Å². The van der Waals surface area contributed by atoms with Crippen molar-refractivity contribution in [2.75, 3.05) is 22.8 Å². The van der Waals surface area contributed by atoms with Crippen molar-refractivity contribution in [2.24, 2.45) is 0 Å². The van der Waals surface area contributed by atoms with Crippen molar-refractivity contribution in [3.63, 3.8) is 0 Å². The summed E-state index contributed by atoms with van der Waals surface area (Å²) in [6.07, 6.45) is 0.718. The number of carbonyl (C=O) groups excluding carboxylic acids is 1. The standard InChI is InChI=1S/C18H17N3O3S/c1-13(22)21-9-8-15-6-7-17(11-18(15)21)25(23,24)20(2)16-5-3-4-14(10-16)12-19/h3-7,10-11H,8-9H2,1-2H3. The van der Waals surface area contributed by atoms with Gasteiger partial charge in [-0.3, -0.25) is 9.10 Å². The zero-order chi connectivity index (χ0) is 18.2. The first-order chi connectivity index (χ1) is 11.8. The minimum Gasteiger partial charge on any atom is -0.312 e. The number of amides is 1. The Bertz CT molecular complexity index is 993. The van der Waals surface area contributed by atoms with Crippen LogP contribution in [0.3, 0.4) is 0 Å². The van der Waals surface area contributed by atoms with Crippen LogP contribution in [0.15, 0.2) is 47.4 Å². The predicted molar refractivity (Wildman–Crippen MR) is 94.9 cm³/mol. The van der Waals surface area contributed by atoms with E-state index in [0.29, 0.717) is 23.5 Å². The summed E-state index contributed by atoms with van der Waals surface area (Å²) in [5, 5.41) is 9.00. The molecule has 0 radical (unpaired) electrons. The second-order valence-electron chi connectivity index (χ2n) is 5.85. The van der Waals surface area contributed by atoms with Crippen molar-refractivity contribution >= 4 is 27.3 Å². The molecule has 0 unspecified atom stereocenters. The average Bonchev–Trinajstić information content (AvgIpc) is 3.04. The zero-order valence-electron chi connectivity index (χ0n) is 13.9. The molecule has 6 nitrogen and oxygen atoms in total. The fraction of sp³-hybridized carbons (Fsp3) is 0.222. The summed E-state index contributed by atoms with van der Waals surface area (Å²) in [5.41, 5.74) is 2.40. The number of hydrogen-bond donors (Lipinski definition) is 0. The Morgan fingerprint density at radius 1 is 1.24 bits per heavy atom. The molecule has 0 spiro atoms. The first kappa shape index (κ1) is 17.0. The van der Waals surface area contributed by atoms with Crippen LogP contribution < -0.4 is 9.21 Å². The minimum atomic E-state index is -3.80. The van der Waals surface area contributed by atoms with Gasteiger partial charge >= 0.3 is 0 Å². The molecule has 7 heteroatoms. The molecule has 0 atom stereocenters. The van der Waals surface area contributed by atoms with Gasteiger partial charge in [0.2, 0.25) is 5.91 Å². The van der Waals surface area contributed by atoms with E-state index in [0.717, 1.165) is 16.3 Å². The Morgan fingerprint density at radius 3 is 2.68 bits per heavy atom. The average molecular weight is 355 g/mol. The first-order valence-electron chi connectivity index (χ1n) is 7.74. The summed E-state index contributed by atoms with van der Waals surface area (Å²) in [7, 11) is -2.36. The van der Waals surface area contributed by atoms with Crippen molar-refractivity contribution in [1.82, 2.24) is 0 Å². The number of fused-ring (bicyclic) bond motifs is 1. The van der Waals surface area contributed by atoms with Crippen LogP contribution in [0.1, 0.15) is 18.1 Å². The summed E-state index contributed by atoms with van der Waals surface area (Å²) in [6, 6.07) is 13.3. The summed E-state index contributed by atoms with van der Waals surface area (Å²) < 4.78 is 27.0. The Labute approximate surface area is 147 Å². The third-order valence-corrected chi connectivity index (χ3v) is 6.11. The molecule has 0 saturated carbocycles. The normalized spacial score (nSPS) is 13.2. The number of rotatable bonds is 3. The molecule has 0 aliphatic carbocycles. The van der Waals surface area contributed by atoms with Crippen molar-refractivity contribution in [2.45, 2.75) is 18.2 Å². The van der Waals surface area contributed by atoms with Crippen molar-refractivity contribution in [1.29, 1.82) is 5.26 Å². The second kappa shape index (κ2) is 6.22. The van der Waals surface area contributed by atoms with Crippen LogP contribution in [-0.2, 0) is 21.2 Å². The van der Waals surface area contributed by atoms with Gasteiger partial charge in [0.1, 0.15) is 0 Å². The number of anilines is 2. The van der Waals surface area contributed by atoms with Crippen molar-refractivity contribution in [3.05, 3.63) is 53.6 Å². The topological polar surface area (TPSA) is 81.5 Å². The maximum absolute atomic E-state index is 12.9. The smallest absolute Gasteiger partial charge is 0.264 e. The Kier molecular flexibility index (Phi) is 4.23. The molecule has 128 valence electrons. The summed E-state index contributed by atoms with van der Waals surface area (Å²) >= 11 is 0. The van der Waals surface area contributed by atoms with Gasteiger partial charge in [-0.1, -0.05) is 12.1 Å². The van der Waals surface area contributed by atoms with Gasteiger partial charge in [0.05, 0.1) is 22.2 Å². The number of hydrogen-bond acceptors (Lipinski definition) is 4. The molecule has 3 rings (SSSR count). The third kappa shape index (κ3) is 2.96. The van der Waals surface area contributed by atoms with Gasteiger partial charge in [-0.05, 0) is 42.3 Å². The fourth-order valence-electron chi connectivity index (χ4n) is 2.91. The number of nitrogens with zero attached hydrogens (tertiary/aromatic N) is 3. The highest BCUT2D eigenvalue weighted by Gasteiger charge is 2.27. The molecule has 1 heterocycles. The molecule has 0 bridgehead atoms. The van der Waals surface area contributed by atoms with Crippen molar-refractivity contribution < 1.29 is 13.2 Å². The minimum absolute atomic E-state index is 0.108. The molecular weight excluding hydrogens is 338 g/mol. The predicted octanol–water partition coefficient (Wildman–Crippen LogP) is 2.29. The molecule has 2 aromatic carbocycles. The Hall–Kier alpha value is -2.85. The molecule has 0 saturated heterocycles. The molecule has 1 aliphatic heterocycles. The SMILES string of the molecule is CC(=O)N1CCc2ccc(S(=O)(=O)N(C)c3cccc(C#N)c3)cc21. The van der Waals surface area contributed by atoms with Crippen LogP contribution in [0.5, 0.6) is 0 Å². The number of carbonyl (C=O) groups is 1. The molecule has 2 aromatic rings. The van der Waals surface area contributed by atoms with Gasteiger partial charge in [0.25, 0.3) is 10.0 Å². The highest BCUT2D eigenvalue weighted by atomic mass is 32.2. The molecule has 0 fully saturated rings. The lowest BCUT2D eigenvalue weighted by atomic mass is 10.2. The van der Waals surface area contributed by atoms with Gasteiger partial charge in [0.15, 0.2) is 0 Å². The summed E-state index contributed by atoms with van der Waals surface area (Å²) in [4.78, 5) is 13.4. The lowest BCUT2D eigenvalue weighted by Crippen LogP contribution is -2.28. The lowest BCUT2D eigenvalue weighted by molar-refractivity contribution is -0.116. The van der Waals surface area contributed by atoms with Crippen LogP contribution in [0.25, 0.3) is 0 Å². The quantitative estimate of drug-likeness (QED) is 0.846. The van der Waals surface area contributed by atoms with E-state index < -0.39 is 10.0 Å². The molecule has 1 amide bonds. The van der Waals surface area contributed by atoms with E-state index in [1.807, 2.05) is 6.07 Å². The summed E-state index contributed by atoms with van der Waals surface area (Å²) in [5.74, 6) is -0.108. The molecule has 25 heavy (non-hydrogen) atoms. The van der Waals surface area contributed by atoms with E-state index in [1.165, 1.54) is 20.0 Å². The highest BCUT2D eigenvalue weighted by Crippen LogP contribution is 2.32. The second-order valence-corrected chi connectivity index (χ2v) is 7.82. The van der Waals surface area contributed by atoms with Gasteiger partial charge < -0.3 is 4.90 Å². The number of sulfonamides is 1. The zero-order valence-corrected chi connectivity index (χ0v) is 14.7. The van der Waals surface area contributed by atoms with E-state index in [2.05, 4.69) is 0 Å². The van der Waals surface area contributed by atoms with Crippen LogP contribution in [0, 0.1) is 11.3 Å². The van der Waals surface area contributed by atoms with E-state index in [1.54, 1.807) is 41.3 Å². The fourth-order valence-corrected chi connectivity index (χ4v) is 4.12. The maximum Gasteiger partial charge on any atom is 0.264 e. The van der Waals surface area contributed by atoms with E-state index in [-0.39, 0.29) is 10.8 Å². The monoisotopic (exact) mass is 355 g/mol. The van der Waals surface area contributed by atoms with Gasteiger partial charge in [-0.25, -0.2) is 8.42 Å². The molecular formula is C18H17N3O3S. The Morgan fingerprint density at radius 2 is 2.00 bits per heavy atom. The Balaban J connectivity index is 2.02. The third-order valence-electron chi connectivity index (χ3n) is 4.33. The molecule has 1 aliphatic rings. The molecule has 0 aromatic heterocycles. The maximum atomic E-state index is 12.9. The van der Waals surface area contributed by atoms with Crippen LogP contribution >= 0.6 is 0 Å². The largest absolute Gasteiger partial charge is 0.312 e. The van der Waals surface area contributed by atoms with Crippen LogP contribution in [0.2, 0.25) is 0 Å². The van der Waals surface area contributed by atoms with Gasteiger partial charge in [0, 0.05) is 26.2 Å². The van der Waals surface area contributed by atoms with E-state index in [9.17, 15) is 13.2 Å². The van der Waals surface area contributed by atoms with E-state index in [4.69, 9.17) is 5.26 Å². The first-order valence-corrected chi connectivity index (χ1v) is 9.19. The van der Waals surface area contributed by atoms with Crippen LogP contribution in [0.4, 0.5) is 11.4 Å². The van der Waals surface area contributed by atoms with Crippen LogP contribution in [-0.4, -0.2) is 27.9 Å². The van der Waals surface area contributed by atoms with Gasteiger partial charge in [-0.2, -0.15) is 5.26 Å². The molecule has 0 N–H and O–H groups in total. The highest BCUT2D eigenvalue weighted by molar-refractivity contribution is 7.92. The lowest BCUT2D eigenvalue weighted by Gasteiger charge is -2.21. The van der Waals surface area contributed by atoms with E-state index >= 15 is 0 Å². The van der Waals surface area contributed by atoms with Crippen molar-refractivity contribution in [3.8, 4) is 6.07 Å². The number of nitriles is 1. The number of benzene rings is 2. The summed E-state index contributed by atoms with van der Waals surface area (Å²) in [6.45, 7) is 2.03.